The number of para-hydroxylation sites is 3. The van der Waals surface area contributed by atoms with Crippen molar-refractivity contribution in [3.63, 3.8) is 0 Å². The molecule has 0 heterocycles. The molecule has 1 fully saturated rings. The molecule has 0 aliphatic heterocycles. The molecular weight excluding hydrogens is 833 g/mol. The van der Waals surface area contributed by atoms with Gasteiger partial charge in [0.2, 0.25) is 0 Å². The van der Waals surface area contributed by atoms with Crippen LogP contribution in [-0.2, 0) is 10.8 Å². The number of anilines is 6. The minimum absolute atomic E-state index is 0.135. The molecule has 1 saturated carbocycles. The van der Waals surface area contributed by atoms with E-state index in [0.717, 1.165) is 41.3 Å². The second-order valence-electron chi connectivity index (χ2n) is 21.0. The molecule has 9 aromatic carbocycles. The van der Waals surface area contributed by atoms with E-state index in [1.807, 2.05) is 0 Å². The van der Waals surface area contributed by atoms with Crippen LogP contribution in [0, 0.1) is 11.3 Å². The Hall–Kier alpha value is -7.42. The monoisotopic (exact) mass is 894 g/mol. The average Bonchev–Trinajstić information content (AvgIpc) is 3.63. The van der Waals surface area contributed by atoms with Crippen molar-refractivity contribution in [3.05, 3.63) is 253 Å². The Balaban J connectivity index is 0.993. The Kier molecular flexibility index (Phi) is 11.4. The standard InChI is InChI=1S/C67H62N2/c1-65(2,3)52-26-21-45-67(47-52,51-37-41-56(42-38-51)69(54-29-16-9-17-30-54)63-34-19-18-31-58(63)48-22-10-6-11-23-48)50-35-39-55(40-36-50)68(53-27-14-8-15-28-53)57-43-44-60-62(46-57)66(4,5)61-33-20-32-59(64(60)61)49-24-12-7-13-25-49/h6-20,22-25,27-44,46,52H,21,26,45,47H2,1-5H3. The Labute approximate surface area is 410 Å². The molecule has 2 heteroatoms. The maximum atomic E-state index is 2.46. The van der Waals surface area contributed by atoms with Crippen LogP contribution in [0.5, 0.6) is 0 Å². The van der Waals surface area contributed by atoms with Gasteiger partial charge in [0.1, 0.15) is 0 Å². The SMILES string of the molecule is CC1(C)c2cc(N(c3ccccc3)c3ccc(C4(c5ccc(N(c6ccccc6)c6ccccc6-c6ccccc6)cc5)CCCC(C(C)(C)C)C4)cc3)ccc2-c2c(-c3ccccc3)cccc21. The van der Waals surface area contributed by atoms with Gasteiger partial charge in [-0.25, -0.2) is 0 Å². The van der Waals surface area contributed by atoms with Crippen LogP contribution in [0.3, 0.4) is 0 Å². The zero-order valence-corrected chi connectivity index (χ0v) is 40.7. The fourth-order valence-electron chi connectivity index (χ4n) is 11.9. The van der Waals surface area contributed by atoms with Crippen LogP contribution in [0.1, 0.15) is 82.6 Å². The minimum Gasteiger partial charge on any atom is -0.310 e. The molecule has 2 nitrogen and oxygen atoms in total. The molecule has 2 atom stereocenters. The van der Waals surface area contributed by atoms with Gasteiger partial charge >= 0.3 is 0 Å². The van der Waals surface area contributed by atoms with Crippen molar-refractivity contribution in [2.45, 2.75) is 71.1 Å². The lowest BCUT2D eigenvalue weighted by Crippen LogP contribution is -2.38. The Morgan fingerprint density at radius 1 is 0.420 bits per heavy atom. The molecular formula is C67H62N2. The molecule has 69 heavy (non-hydrogen) atoms. The first-order valence-corrected chi connectivity index (χ1v) is 25.0. The third kappa shape index (κ3) is 8.06. The van der Waals surface area contributed by atoms with Gasteiger partial charge in [-0.15, -0.1) is 0 Å². The average molecular weight is 895 g/mol. The summed E-state index contributed by atoms with van der Waals surface area (Å²) in [6.45, 7) is 12.1. The van der Waals surface area contributed by atoms with Gasteiger partial charge in [-0.1, -0.05) is 205 Å². The summed E-state index contributed by atoms with van der Waals surface area (Å²) in [6, 6.07) is 85.5. The Bertz CT molecular complexity index is 3200. The van der Waals surface area contributed by atoms with Gasteiger partial charge in [0.25, 0.3) is 0 Å². The maximum Gasteiger partial charge on any atom is 0.0540 e. The molecule has 0 radical (unpaired) electrons. The van der Waals surface area contributed by atoms with E-state index in [1.54, 1.807) is 0 Å². The van der Waals surface area contributed by atoms with Crippen molar-refractivity contribution in [2.24, 2.45) is 11.3 Å². The highest BCUT2D eigenvalue weighted by Crippen LogP contribution is 2.55. The highest BCUT2D eigenvalue weighted by Gasteiger charge is 2.43. The quantitative estimate of drug-likeness (QED) is 0.135. The second-order valence-corrected chi connectivity index (χ2v) is 21.0. The summed E-state index contributed by atoms with van der Waals surface area (Å²) in [5.74, 6) is 0.589. The number of rotatable bonds is 10. The van der Waals surface area contributed by atoms with Crippen molar-refractivity contribution in [2.75, 3.05) is 9.80 Å². The summed E-state index contributed by atoms with van der Waals surface area (Å²) in [5.41, 5.74) is 20.0. The molecule has 340 valence electrons. The van der Waals surface area contributed by atoms with E-state index in [9.17, 15) is 0 Å². The smallest absolute Gasteiger partial charge is 0.0540 e. The summed E-state index contributed by atoms with van der Waals surface area (Å²) in [5, 5.41) is 0. The highest BCUT2D eigenvalue weighted by molar-refractivity contribution is 5.94. The van der Waals surface area contributed by atoms with Gasteiger partial charge in [0, 0.05) is 44.8 Å². The van der Waals surface area contributed by atoms with Crippen LogP contribution in [0.2, 0.25) is 0 Å². The molecule has 0 saturated heterocycles. The van der Waals surface area contributed by atoms with E-state index in [0.29, 0.717) is 5.92 Å². The van der Waals surface area contributed by atoms with Gasteiger partial charge in [0.05, 0.1) is 5.69 Å². The molecule has 0 spiro atoms. The molecule has 2 aliphatic carbocycles. The van der Waals surface area contributed by atoms with E-state index in [-0.39, 0.29) is 16.2 Å². The second kappa shape index (κ2) is 17.9. The normalized spacial score (nSPS) is 17.1. The van der Waals surface area contributed by atoms with E-state index in [1.165, 1.54) is 74.2 Å². The summed E-state index contributed by atoms with van der Waals surface area (Å²) >= 11 is 0. The van der Waals surface area contributed by atoms with Gasteiger partial charge in [-0.05, 0) is 147 Å². The maximum absolute atomic E-state index is 2.46. The molecule has 11 rings (SSSR count). The van der Waals surface area contributed by atoms with Gasteiger partial charge in [-0.2, -0.15) is 0 Å². The third-order valence-electron chi connectivity index (χ3n) is 15.6. The summed E-state index contributed by atoms with van der Waals surface area (Å²) in [7, 11) is 0. The number of nitrogens with zero attached hydrogens (tertiary/aromatic N) is 2. The fraction of sp³-hybridized carbons (Fsp3) is 0.194. The van der Waals surface area contributed by atoms with Crippen molar-refractivity contribution >= 4 is 34.1 Å². The lowest BCUT2D eigenvalue weighted by molar-refractivity contribution is 0.137. The van der Waals surface area contributed by atoms with Crippen LogP contribution >= 0.6 is 0 Å². The fourth-order valence-corrected chi connectivity index (χ4v) is 11.9. The number of hydrogen-bond donors (Lipinski definition) is 0. The lowest BCUT2D eigenvalue weighted by Gasteiger charge is -2.46. The minimum atomic E-state index is -0.159. The Morgan fingerprint density at radius 3 is 1.49 bits per heavy atom. The van der Waals surface area contributed by atoms with E-state index in [2.05, 4.69) is 275 Å². The van der Waals surface area contributed by atoms with Crippen LogP contribution in [-0.4, -0.2) is 0 Å². The number of fused-ring (bicyclic) bond motifs is 3. The van der Waals surface area contributed by atoms with Gasteiger partial charge in [0.15, 0.2) is 0 Å². The molecule has 0 bridgehead atoms. The topological polar surface area (TPSA) is 6.48 Å². The van der Waals surface area contributed by atoms with Crippen LogP contribution in [0.25, 0.3) is 33.4 Å². The Morgan fingerprint density at radius 2 is 0.899 bits per heavy atom. The summed E-state index contributed by atoms with van der Waals surface area (Å²) in [4.78, 5) is 4.87. The van der Waals surface area contributed by atoms with Crippen molar-refractivity contribution in [1.29, 1.82) is 0 Å². The van der Waals surface area contributed by atoms with Gasteiger partial charge in [-0.3, -0.25) is 0 Å². The first-order valence-electron chi connectivity index (χ1n) is 25.0. The third-order valence-corrected chi connectivity index (χ3v) is 15.6. The van der Waals surface area contributed by atoms with E-state index in [4.69, 9.17) is 0 Å². The van der Waals surface area contributed by atoms with Crippen molar-refractivity contribution in [1.82, 2.24) is 0 Å². The first-order chi connectivity index (χ1) is 33.6. The number of hydrogen-bond acceptors (Lipinski definition) is 2. The summed E-state index contributed by atoms with van der Waals surface area (Å²) in [6.07, 6.45) is 4.68. The lowest BCUT2D eigenvalue weighted by atomic mass is 9.58. The van der Waals surface area contributed by atoms with Crippen molar-refractivity contribution < 1.29 is 0 Å². The first kappa shape index (κ1) is 44.1. The van der Waals surface area contributed by atoms with Crippen LogP contribution < -0.4 is 9.80 Å². The van der Waals surface area contributed by atoms with E-state index < -0.39 is 0 Å². The van der Waals surface area contributed by atoms with Crippen LogP contribution in [0.15, 0.2) is 231 Å². The molecule has 2 aliphatic rings. The summed E-state index contributed by atoms with van der Waals surface area (Å²) < 4.78 is 0. The van der Waals surface area contributed by atoms with Crippen LogP contribution in [0.4, 0.5) is 34.1 Å². The van der Waals surface area contributed by atoms with Gasteiger partial charge < -0.3 is 9.80 Å². The molecule has 0 N–H and O–H groups in total. The molecule has 0 aromatic heterocycles. The predicted octanol–water partition coefficient (Wildman–Crippen LogP) is 18.8. The zero-order chi connectivity index (χ0) is 47.2. The molecule has 0 amide bonds. The van der Waals surface area contributed by atoms with Crippen molar-refractivity contribution in [3.8, 4) is 33.4 Å². The molecule has 2 unspecified atom stereocenters. The van der Waals surface area contributed by atoms with E-state index >= 15 is 0 Å². The highest BCUT2D eigenvalue weighted by atomic mass is 15.1. The largest absolute Gasteiger partial charge is 0.310 e. The predicted molar refractivity (Wildman–Crippen MR) is 293 cm³/mol. The number of benzene rings is 9. The zero-order valence-electron chi connectivity index (χ0n) is 40.7. The molecule has 9 aromatic rings.